The van der Waals surface area contributed by atoms with Gasteiger partial charge in [0.05, 0.1) is 12.1 Å². The fourth-order valence-electron chi connectivity index (χ4n) is 2.45. The number of ether oxygens (including phenoxy) is 1. The van der Waals surface area contributed by atoms with Crippen LogP contribution >= 0.6 is 0 Å². The molecule has 3 aromatic rings. The Morgan fingerprint density at radius 1 is 1.05 bits per heavy atom. The smallest absolute Gasteiger partial charge is 0.134 e. The van der Waals surface area contributed by atoms with Crippen molar-refractivity contribution < 1.29 is 9.15 Å². The molecule has 1 unspecified atom stereocenters. The summed E-state index contributed by atoms with van der Waals surface area (Å²) in [6, 6.07) is 17.7. The van der Waals surface area contributed by atoms with Gasteiger partial charge in [0.2, 0.25) is 0 Å². The van der Waals surface area contributed by atoms with Crippen LogP contribution in [0.2, 0.25) is 0 Å². The Hall–Kier alpha value is -2.26. The molecule has 3 heteroatoms. The summed E-state index contributed by atoms with van der Waals surface area (Å²) in [7, 11) is 0. The highest BCUT2D eigenvalue weighted by Gasteiger charge is 2.23. The summed E-state index contributed by atoms with van der Waals surface area (Å²) >= 11 is 0. The summed E-state index contributed by atoms with van der Waals surface area (Å²) in [5.74, 6) is 1.70. The molecule has 3 nitrogen and oxygen atoms in total. The zero-order valence-corrected chi connectivity index (χ0v) is 11.7. The summed E-state index contributed by atoms with van der Waals surface area (Å²) in [5, 5.41) is 1.08. The molecular weight excluding hydrogens is 262 g/mol. The molecule has 1 heterocycles. The monoisotopic (exact) mass is 279 g/mol. The maximum atomic E-state index is 6.31. The first kappa shape index (κ1) is 12.5. The van der Waals surface area contributed by atoms with Crippen molar-refractivity contribution in [1.29, 1.82) is 0 Å². The molecule has 0 bridgehead atoms. The van der Waals surface area contributed by atoms with Gasteiger partial charge in [-0.05, 0) is 42.7 Å². The fraction of sp³-hybridized carbons (Fsp3) is 0.222. The highest BCUT2D eigenvalue weighted by atomic mass is 16.5. The molecule has 21 heavy (non-hydrogen) atoms. The van der Waals surface area contributed by atoms with Gasteiger partial charge in [-0.15, -0.1) is 0 Å². The Balaban J connectivity index is 1.59. The van der Waals surface area contributed by atoms with Crippen LogP contribution in [0, 0.1) is 0 Å². The van der Waals surface area contributed by atoms with Gasteiger partial charge >= 0.3 is 0 Å². The lowest BCUT2D eigenvalue weighted by Gasteiger charge is -2.10. The maximum absolute atomic E-state index is 6.31. The molecule has 1 aliphatic carbocycles. The molecule has 0 saturated heterocycles. The van der Waals surface area contributed by atoms with Crippen molar-refractivity contribution in [3.05, 3.63) is 65.9 Å². The molecule has 4 rings (SSSR count). The zero-order valence-electron chi connectivity index (χ0n) is 11.7. The largest absolute Gasteiger partial charge is 0.490 e. The Bertz CT molecular complexity index is 723. The van der Waals surface area contributed by atoms with Crippen molar-refractivity contribution in [3.8, 4) is 5.75 Å². The van der Waals surface area contributed by atoms with E-state index in [4.69, 9.17) is 14.9 Å². The second kappa shape index (κ2) is 4.93. The summed E-state index contributed by atoms with van der Waals surface area (Å²) in [6.45, 7) is 0. The van der Waals surface area contributed by atoms with Crippen molar-refractivity contribution in [2.75, 3.05) is 0 Å². The summed E-state index contributed by atoms with van der Waals surface area (Å²) < 4.78 is 11.6. The standard InChI is InChI=1S/C18H17NO2/c19-18(17-11-13-3-1-2-4-16(13)21-17)12-5-7-14(8-6-12)20-15-9-10-15/h1-8,11,15,18H,9-10,19H2. The molecule has 0 amide bonds. The summed E-state index contributed by atoms with van der Waals surface area (Å²) in [4.78, 5) is 0. The molecule has 2 N–H and O–H groups in total. The van der Waals surface area contributed by atoms with E-state index in [1.165, 1.54) is 12.8 Å². The van der Waals surface area contributed by atoms with Crippen LogP contribution in [0.1, 0.15) is 30.2 Å². The third kappa shape index (κ3) is 2.52. The van der Waals surface area contributed by atoms with Crippen molar-refractivity contribution in [3.63, 3.8) is 0 Å². The maximum Gasteiger partial charge on any atom is 0.134 e. The Morgan fingerprint density at radius 3 is 2.52 bits per heavy atom. The van der Waals surface area contributed by atoms with E-state index in [1.54, 1.807) is 0 Å². The van der Waals surface area contributed by atoms with Crippen molar-refractivity contribution >= 4 is 11.0 Å². The van der Waals surface area contributed by atoms with Gasteiger partial charge in [0.1, 0.15) is 17.1 Å². The van der Waals surface area contributed by atoms with E-state index < -0.39 is 0 Å². The van der Waals surface area contributed by atoms with E-state index in [0.717, 1.165) is 28.0 Å². The molecule has 0 spiro atoms. The molecular formula is C18H17NO2. The number of fused-ring (bicyclic) bond motifs is 1. The summed E-state index contributed by atoms with van der Waals surface area (Å²) in [6.07, 6.45) is 2.75. The van der Waals surface area contributed by atoms with Gasteiger partial charge in [-0.2, -0.15) is 0 Å². The number of para-hydroxylation sites is 1. The number of hydrogen-bond acceptors (Lipinski definition) is 3. The number of benzene rings is 2. The first-order chi connectivity index (χ1) is 10.3. The van der Waals surface area contributed by atoms with Crippen LogP contribution in [0.4, 0.5) is 0 Å². The van der Waals surface area contributed by atoms with Crippen molar-refractivity contribution in [2.24, 2.45) is 5.73 Å². The van der Waals surface area contributed by atoms with Gasteiger partial charge in [-0.25, -0.2) is 0 Å². The molecule has 1 fully saturated rings. The molecule has 1 aliphatic rings. The Labute approximate surface area is 123 Å². The number of nitrogens with two attached hydrogens (primary N) is 1. The third-order valence-electron chi connectivity index (χ3n) is 3.82. The van der Waals surface area contributed by atoms with Gasteiger partial charge in [0, 0.05) is 5.39 Å². The van der Waals surface area contributed by atoms with Gasteiger partial charge in [-0.3, -0.25) is 0 Å². The van der Waals surface area contributed by atoms with E-state index in [9.17, 15) is 0 Å². The normalized spacial score (nSPS) is 16.0. The van der Waals surface area contributed by atoms with Crippen LogP contribution < -0.4 is 10.5 Å². The van der Waals surface area contributed by atoms with Crippen LogP contribution in [0.25, 0.3) is 11.0 Å². The lowest BCUT2D eigenvalue weighted by atomic mass is 10.1. The van der Waals surface area contributed by atoms with Gasteiger partial charge in [0.25, 0.3) is 0 Å². The SMILES string of the molecule is NC(c1ccc(OC2CC2)cc1)c1cc2ccccc2o1. The topological polar surface area (TPSA) is 48.4 Å². The molecule has 1 aromatic heterocycles. The summed E-state index contributed by atoms with van der Waals surface area (Å²) in [5.41, 5.74) is 8.21. The van der Waals surface area contributed by atoms with E-state index >= 15 is 0 Å². The van der Waals surface area contributed by atoms with E-state index in [-0.39, 0.29) is 6.04 Å². The van der Waals surface area contributed by atoms with Crippen molar-refractivity contribution in [1.82, 2.24) is 0 Å². The molecule has 2 aromatic carbocycles. The van der Waals surface area contributed by atoms with Crippen LogP contribution in [-0.4, -0.2) is 6.10 Å². The van der Waals surface area contributed by atoms with Crippen LogP contribution in [0.5, 0.6) is 5.75 Å². The fourth-order valence-corrected chi connectivity index (χ4v) is 2.45. The highest BCUT2D eigenvalue weighted by Crippen LogP contribution is 2.30. The molecule has 0 radical (unpaired) electrons. The molecule has 0 aliphatic heterocycles. The van der Waals surface area contributed by atoms with Gasteiger partial charge in [0.15, 0.2) is 0 Å². The Kier molecular flexibility index (Phi) is 2.93. The third-order valence-corrected chi connectivity index (χ3v) is 3.82. The number of hydrogen-bond donors (Lipinski definition) is 1. The van der Waals surface area contributed by atoms with Gasteiger partial charge in [-0.1, -0.05) is 30.3 Å². The minimum atomic E-state index is -0.257. The molecule has 1 saturated carbocycles. The highest BCUT2D eigenvalue weighted by molar-refractivity contribution is 5.77. The van der Waals surface area contributed by atoms with E-state index in [0.29, 0.717) is 6.10 Å². The minimum absolute atomic E-state index is 0.257. The zero-order chi connectivity index (χ0) is 14.2. The Morgan fingerprint density at radius 2 is 1.81 bits per heavy atom. The predicted octanol–water partition coefficient (Wildman–Crippen LogP) is 4.02. The molecule has 106 valence electrons. The van der Waals surface area contributed by atoms with Crippen LogP contribution in [0.3, 0.4) is 0 Å². The average molecular weight is 279 g/mol. The minimum Gasteiger partial charge on any atom is -0.490 e. The van der Waals surface area contributed by atoms with Crippen LogP contribution in [0.15, 0.2) is 59.0 Å². The van der Waals surface area contributed by atoms with Gasteiger partial charge < -0.3 is 14.9 Å². The first-order valence-electron chi connectivity index (χ1n) is 7.30. The number of furan rings is 1. The second-order valence-electron chi connectivity index (χ2n) is 5.55. The average Bonchev–Trinajstić information content (AvgIpc) is 3.22. The lowest BCUT2D eigenvalue weighted by molar-refractivity contribution is 0.303. The number of rotatable bonds is 4. The van der Waals surface area contributed by atoms with E-state index in [1.807, 2.05) is 54.6 Å². The van der Waals surface area contributed by atoms with E-state index in [2.05, 4.69) is 0 Å². The molecule has 1 atom stereocenters. The second-order valence-corrected chi connectivity index (χ2v) is 5.55. The van der Waals surface area contributed by atoms with Crippen LogP contribution in [-0.2, 0) is 0 Å². The first-order valence-corrected chi connectivity index (χ1v) is 7.30. The predicted molar refractivity (Wildman–Crippen MR) is 82.3 cm³/mol. The quantitative estimate of drug-likeness (QED) is 0.784. The lowest BCUT2D eigenvalue weighted by Crippen LogP contribution is -2.10. The van der Waals surface area contributed by atoms with Crippen molar-refractivity contribution in [2.45, 2.75) is 25.0 Å².